The van der Waals surface area contributed by atoms with Crippen molar-refractivity contribution < 1.29 is 19.1 Å². The molecule has 0 aromatic heterocycles. The van der Waals surface area contributed by atoms with E-state index in [1.807, 2.05) is 54.6 Å². The van der Waals surface area contributed by atoms with Gasteiger partial charge >= 0.3 is 0 Å². The zero-order valence-electron chi connectivity index (χ0n) is 17.1. The Morgan fingerprint density at radius 1 is 0.967 bits per heavy atom. The molecule has 1 saturated heterocycles. The number of benzene rings is 2. The number of carbonyl (C=O) groups is 3. The predicted molar refractivity (Wildman–Crippen MR) is 112 cm³/mol. The Balaban J connectivity index is 1.44. The first-order chi connectivity index (χ1) is 14.5. The zero-order chi connectivity index (χ0) is 21.3. The van der Waals surface area contributed by atoms with E-state index in [1.54, 1.807) is 4.90 Å². The highest BCUT2D eigenvalue weighted by Gasteiger charge is 2.26. The number of carbonyl (C=O) groups excluding carboxylic acids is 3. The molecule has 0 spiro atoms. The van der Waals surface area contributed by atoms with Crippen LogP contribution in [0.4, 0.5) is 0 Å². The summed E-state index contributed by atoms with van der Waals surface area (Å²) in [5.41, 5.74) is 7.01. The molecule has 2 aromatic rings. The van der Waals surface area contributed by atoms with Crippen LogP contribution in [0.3, 0.4) is 0 Å². The summed E-state index contributed by atoms with van der Waals surface area (Å²) in [6.07, 6.45) is 1.88. The molecule has 30 heavy (non-hydrogen) atoms. The normalized spacial score (nSPS) is 14.1. The van der Waals surface area contributed by atoms with Gasteiger partial charge in [-0.1, -0.05) is 48.5 Å². The van der Waals surface area contributed by atoms with E-state index in [0.29, 0.717) is 38.1 Å². The minimum atomic E-state index is -0.431. The van der Waals surface area contributed by atoms with Gasteiger partial charge in [-0.3, -0.25) is 25.2 Å². The van der Waals surface area contributed by atoms with Gasteiger partial charge in [0.25, 0.3) is 5.91 Å². The lowest BCUT2D eigenvalue weighted by atomic mass is 9.96. The van der Waals surface area contributed by atoms with E-state index < -0.39 is 5.91 Å². The van der Waals surface area contributed by atoms with Crippen molar-refractivity contribution in [3.8, 4) is 5.75 Å². The molecule has 158 valence electrons. The van der Waals surface area contributed by atoms with Crippen molar-refractivity contribution >= 4 is 17.7 Å². The van der Waals surface area contributed by atoms with Gasteiger partial charge < -0.3 is 9.64 Å². The van der Waals surface area contributed by atoms with Gasteiger partial charge in [0.1, 0.15) is 5.75 Å². The summed E-state index contributed by atoms with van der Waals surface area (Å²) in [5.74, 6) is -0.227. The van der Waals surface area contributed by atoms with Gasteiger partial charge in [-0.15, -0.1) is 0 Å². The quantitative estimate of drug-likeness (QED) is 0.715. The number of piperidine rings is 1. The molecule has 0 unspecified atom stereocenters. The Morgan fingerprint density at radius 3 is 2.33 bits per heavy atom. The summed E-state index contributed by atoms with van der Waals surface area (Å²) in [7, 11) is 0. The number of rotatable bonds is 6. The number of para-hydroxylation sites is 1. The van der Waals surface area contributed by atoms with Gasteiger partial charge in [0, 0.05) is 32.4 Å². The molecule has 0 aliphatic carbocycles. The van der Waals surface area contributed by atoms with Crippen molar-refractivity contribution in [1.82, 2.24) is 15.8 Å². The van der Waals surface area contributed by atoms with E-state index >= 15 is 0 Å². The van der Waals surface area contributed by atoms with Crippen molar-refractivity contribution in [2.24, 2.45) is 5.92 Å². The highest BCUT2D eigenvalue weighted by Crippen LogP contribution is 2.21. The molecule has 0 saturated carbocycles. The molecule has 3 amide bonds. The van der Waals surface area contributed by atoms with Crippen LogP contribution in [-0.2, 0) is 20.8 Å². The molecule has 3 rings (SSSR count). The molecule has 1 heterocycles. The maximum absolute atomic E-state index is 12.2. The minimum absolute atomic E-state index is 0.0202. The molecule has 1 fully saturated rings. The summed E-state index contributed by atoms with van der Waals surface area (Å²) >= 11 is 0. The van der Waals surface area contributed by atoms with E-state index in [9.17, 15) is 14.4 Å². The fraction of sp³-hybridized carbons (Fsp3) is 0.348. The number of hydrogen-bond acceptors (Lipinski definition) is 4. The molecule has 0 radical (unpaired) electrons. The number of ether oxygens (including phenoxy) is 1. The average molecular weight is 409 g/mol. The van der Waals surface area contributed by atoms with Crippen molar-refractivity contribution in [1.29, 1.82) is 0 Å². The van der Waals surface area contributed by atoms with Crippen molar-refractivity contribution in [2.75, 3.05) is 19.7 Å². The number of amides is 3. The second kappa shape index (κ2) is 10.4. The standard InChI is InChI=1S/C23H27N3O4/c1-17(27)26-13-11-19(12-14-26)23(29)25-24-22(28)16-30-21-10-6-5-9-20(21)15-18-7-3-2-4-8-18/h2-10,19H,11-16H2,1H3,(H,24,28)(H,25,29). The Hall–Kier alpha value is -3.35. The second-order valence-corrected chi connectivity index (χ2v) is 7.38. The van der Waals surface area contributed by atoms with Gasteiger partial charge in [0.05, 0.1) is 0 Å². The highest BCUT2D eigenvalue weighted by molar-refractivity contribution is 5.84. The molecule has 1 aliphatic rings. The summed E-state index contributed by atoms with van der Waals surface area (Å²) < 4.78 is 5.68. The van der Waals surface area contributed by atoms with Crippen LogP contribution in [-0.4, -0.2) is 42.3 Å². The van der Waals surface area contributed by atoms with Crippen LogP contribution in [0.1, 0.15) is 30.9 Å². The molecule has 2 N–H and O–H groups in total. The number of hydrazine groups is 1. The fourth-order valence-electron chi connectivity index (χ4n) is 3.48. The first-order valence-corrected chi connectivity index (χ1v) is 10.1. The highest BCUT2D eigenvalue weighted by atomic mass is 16.5. The first-order valence-electron chi connectivity index (χ1n) is 10.1. The molecule has 0 atom stereocenters. The first kappa shape index (κ1) is 21.4. The third-order valence-electron chi connectivity index (χ3n) is 5.20. The van der Waals surface area contributed by atoms with Gasteiger partial charge in [-0.25, -0.2) is 0 Å². The third-order valence-corrected chi connectivity index (χ3v) is 5.20. The van der Waals surface area contributed by atoms with Crippen LogP contribution >= 0.6 is 0 Å². The van der Waals surface area contributed by atoms with Crippen LogP contribution < -0.4 is 15.6 Å². The molecule has 7 heteroatoms. The zero-order valence-corrected chi connectivity index (χ0v) is 17.1. The van der Waals surface area contributed by atoms with E-state index in [4.69, 9.17) is 4.74 Å². The topological polar surface area (TPSA) is 87.7 Å². The summed E-state index contributed by atoms with van der Waals surface area (Å²) in [5, 5.41) is 0. The molecule has 2 aromatic carbocycles. The summed E-state index contributed by atoms with van der Waals surface area (Å²) in [6, 6.07) is 17.6. The van der Waals surface area contributed by atoms with Crippen LogP contribution in [0.25, 0.3) is 0 Å². The average Bonchev–Trinajstić information content (AvgIpc) is 2.77. The van der Waals surface area contributed by atoms with Crippen LogP contribution in [0.15, 0.2) is 54.6 Å². The van der Waals surface area contributed by atoms with Gasteiger partial charge in [-0.2, -0.15) is 0 Å². The van der Waals surface area contributed by atoms with Crippen molar-refractivity contribution in [2.45, 2.75) is 26.2 Å². The molecule has 7 nitrogen and oxygen atoms in total. The lowest BCUT2D eigenvalue weighted by molar-refractivity contribution is -0.135. The Bertz CT molecular complexity index is 877. The molecule has 0 bridgehead atoms. The SMILES string of the molecule is CC(=O)N1CCC(C(=O)NNC(=O)COc2ccccc2Cc2ccccc2)CC1. The van der Waals surface area contributed by atoms with E-state index in [-0.39, 0.29) is 24.3 Å². The van der Waals surface area contributed by atoms with E-state index in [2.05, 4.69) is 10.9 Å². The summed E-state index contributed by atoms with van der Waals surface area (Å²) in [4.78, 5) is 37.4. The maximum atomic E-state index is 12.2. The van der Waals surface area contributed by atoms with Gasteiger partial charge in [-0.05, 0) is 30.0 Å². The monoisotopic (exact) mass is 409 g/mol. The lowest BCUT2D eigenvalue weighted by Crippen LogP contribution is -2.49. The number of nitrogens with one attached hydrogen (secondary N) is 2. The van der Waals surface area contributed by atoms with Gasteiger partial charge in [0.2, 0.25) is 11.8 Å². The minimum Gasteiger partial charge on any atom is -0.483 e. The van der Waals surface area contributed by atoms with E-state index in [1.165, 1.54) is 6.92 Å². The van der Waals surface area contributed by atoms with Crippen molar-refractivity contribution in [3.63, 3.8) is 0 Å². The largest absolute Gasteiger partial charge is 0.483 e. The Kier molecular flexibility index (Phi) is 7.43. The van der Waals surface area contributed by atoms with Gasteiger partial charge in [0.15, 0.2) is 6.61 Å². The van der Waals surface area contributed by atoms with E-state index in [0.717, 1.165) is 11.1 Å². The smallest absolute Gasteiger partial charge is 0.276 e. The third kappa shape index (κ3) is 6.07. The summed E-state index contributed by atoms with van der Waals surface area (Å²) in [6.45, 7) is 2.44. The maximum Gasteiger partial charge on any atom is 0.276 e. The predicted octanol–water partition coefficient (Wildman–Crippen LogP) is 2.06. The van der Waals surface area contributed by atoms with Crippen LogP contribution in [0.5, 0.6) is 5.75 Å². The number of likely N-dealkylation sites (tertiary alicyclic amines) is 1. The lowest BCUT2D eigenvalue weighted by Gasteiger charge is -2.30. The molecular formula is C23H27N3O4. The second-order valence-electron chi connectivity index (χ2n) is 7.38. The van der Waals surface area contributed by atoms with Crippen LogP contribution in [0, 0.1) is 5.92 Å². The van der Waals surface area contributed by atoms with Crippen molar-refractivity contribution in [3.05, 3.63) is 65.7 Å². The number of hydrogen-bond donors (Lipinski definition) is 2. The number of nitrogens with zero attached hydrogens (tertiary/aromatic N) is 1. The van der Waals surface area contributed by atoms with Crippen LogP contribution in [0.2, 0.25) is 0 Å². The molecular weight excluding hydrogens is 382 g/mol. The molecule has 1 aliphatic heterocycles. The Labute approximate surface area is 176 Å². The fourth-order valence-corrected chi connectivity index (χ4v) is 3.48. The Morgan fingerprint density at radius 2 is 1.63 bits per heavy atom.